The Labute approximate surface area is 172 Å². The van der Waals surface area contributed by atoms with Crippen LogP contribution in [0.5, 0.6) is 0 Å². The minimum atomic E-state index is -1.44. The molecule has 7 nitrogen and oxygen atoms in total. The monoisotopic (exact) mass is 410 g/mol. The van der Waals surface area contributed by atoms with Gasteiger partial charge in [-0.05, 0) is 36.8 Å². The van der Waals surface area contributed by atoms with Gasteiger partial charge in [0.15, 0.2) is 6.29 Å². The second-order valence-corrected chi connectivity index (χ2v) is 8.08. The highest BCUT2D eigenvalue weighted by Gasteiger charge is 2.44. The van der Waals surface area contributed by atoms with E-state index in [-0.39, 0.29) is 6.61 Å². The molecule has 0 unspecified atom stereocenters. The van der Waals surface area contributed by atoms with Gasteiger partial charge in [0.05, 0.1) is 5.92 Å². The molecule has 6 atom stereocenters. The van der Waals surface area contributed by atoms with Gasteiger partial charge in [-0.2, -0.15) is 0 Å². The second-order valence-electron chi connectivity index (χ2n) is 8.08. The van der Waals surface area contributed by atoms with Crippen LogP contribution >= 0.6 is 0 Å². The first-order valence-corrected chi connectivity index (χ1v) is 10.3. The number of rotatable bonds is 9. The molecular formula is C22H34O7. The molecule has 3 N–H and O–H groups in total. The minimum Gasteiger partial charge on any atom is -0.462 e. The molecule has 0 radical (unpaired) electrons. The fourth-order valence-electron chi connectivity index (χ4n) is 3.27. The Balaban J connectivity index is 1.92. The second kappa shape index (κ2) is 11.0. The zero-order valence-electron chi connectivity index (χ0n) is 17.7. The van der Waals surface area contributed by atoms with Crippen LogP contribution in [0.4, 0.5) is 0 Å². The third-order valence-corrected chi connectivity index (χ3v) is 5.02. The summed E-state index contributed by atoms with van der Waals surface area (Å²) in [5.41, 5.74) is 2.06. The Hall–Kier alpha value is -1.51. The zero-order chi connectivity index (χ0) is 21.6. The lowest BCUT2D eigenvalue weighted by atomic mass is 9.97. The van der Waals surface area contributed by atoms with E-state index in [1.807, 2.05) is 31.2 Å². The highest BCUT2D eigenvalue weighted by atomic mass is 16.7. The summed E-state index contributed by atoms with van der Waals surface area (Å²) in [5.74, 6) is -0.375. The predicted molar refractivity (Wildman–Crippen MR) is 107 cm³/mol. The van der Waals surface area contributed by atoms with Crippen molar-refractivity contribution in [1.82, 2.24) is 0 Å². The molecule has 1 saturated heterocycles. The van der Waals surface area contributed by atoms with Gasteiger partial charge in [-0.1, -0.05) is 45.0 Å². The Morgan fingerprint density at radius 3 is 2.31 bits per heavy atom. The van der Waals surface area contributed by atoms with Crippen molar-refractivity contribution >= 4 is 5.97 Å². The van der Waals surface area contributed by atoms with Gasteiger partial charge in [0.2, 0.25) is 0 Å². The van der Waals surface area contributed by atoms with Crippen LogP contribution in [0.2, 0.25) is 0 Å². The first kappa shape index (κ1) is 23.8. The number of aliphatic hydroxyl groups is 3. The Morgan fingerprint density at radius 1 is 1.07 bits per heavy atom. The van der Waals surface area contributed by atoms with Crippen LogP contribution in [0.15, 0.2) is 24.3 Å². The summed E-state index contributed by atoms with van der Waals surface area (Å²) < 4.78 is 16.2. The molecule has 164 valence electrons. The number of esters is 1. The topological polar surface area (TPSA) is 105 Å². The van der Waals surface area contributed by atoms with Crippen LogP contribution in [0.1, 0.15) is 51.2 Å². The molecule has 0 aliphatic carbocycles. The van der Waals surface area contributed by atoms with Gasteiger partial charge in [0.1, 0.15) is 31.0 Å². The van der Waals surface area contributed by atoms with E-state index in [9.17, 15) is 20.1 Å². The SMILES string of the molecule is CCCO[C@@H]1O[C@H](COC(=O)[C@@H](C)c2ccc(CC(C)C)cc2)[C@@H](O)[C@H](O)[C@H]1O. The highest BCUT2D eigenvalue weighted by Crippen LogP contribution is 2.24. The van der Waals surface area contributed by atoms with Gasteiger partial charge in [-0.25, -0.2) is 0 Å². The van der Waals surface area contributed by atoms with Crippen molar-refractivity contribution in [2.75, 3.05) is 13.2 Å². The van der Waals surface area contributed by atoms with E-state index in [0.29, 0.717) is 18.9 Å². The van der Waals surface area contributed by atoms with Gasteiger partial charge in [0.25, 0.3) is 0 Å². The highest BCUT2D eigenvalue weighted by molar-refractivity contribution is 5.77. The van der Waals surface area contributed by atoms with Crippen LogP contribution < -0.4 is 0 Å². The molecule has 0 saturated carbocycles. The number of carbonyl (C=O) groups excluding carboxylic acids is 1. The fourth-order valence-corrected chi connectivity index (χ4v) is 3.27. The molecular weight excluding hydrogens is 376 g/mol. The summed E-state index contributed by atoms with van der Waals surface area (Å²) in [4.78, 5) is 12.5. The lowest BCUT2D eigenvalue weighted by Gasteiger charge is -2.40. The average molecular weight is 411 g/mol. The van der Waals surface area contributed by atoms with E-state index in [2.05, 4.69) is 13.8 Å². The molecule has 0 amide bonds. The van der Waals surface area contributed by atoms with Crippen molar-refractivity contribution < 1.29 is 34.3 Å². The normalized spacial score (nSPS) is 28.3. The molecule has 0 bridgehead atoms. The maximum atomic E-state index is 12.5. The average Bonchev–Trinajstić information content (AvgIpc) is 2.70. The molecule has 0 aromatic heterocycles. The van der Waals surface area contributed by atoms with Gasteiger partial charge < -0.3 is 29.5 Å². The molecule has 29 heavy (non-hydrogen) atoms. The Bertz CT molecular complexity index is 631. The number of hydrogen-bond acceptors (Lipinski definition) is 7. The van der Waals surface area contributed by atoms with E-state index in [0.717, 1.165) is 12.0 Å². The van der Waals surface area contributed by atoms with Crippen molar-refractivity contribution in [3.8, 4) is 0 Å². The first-order valence-electron chi connectivity index (χ1n) is 10.3. The van der Waals surface area contributed by atoms with Crippen molar-refractivity contribution in [2.24, 2.45) is 5.92 Å². The molecule has 1 aliphatic heterocycles. The van der Waals surface area contributed by atoms with E-state index < -0.39 is 42.6 Å². The summed E-state index contributed by atoms with van der Waals surface area (Å²) in [7, 11) is 0. The van der Waals surface area contributed by atoms with Crippen LogP contribution in [-0.2, 0) is 25.4 Å². The quantitative estimate of drug-likeness (QED) is 0.533. The number of carbonyl (C=O) groups is 1. The Morgan fingerprint density at radius 2 is 1.72 bits per heavy atom. The fraction of sp³-hybridized carbons (Fsp3) is 0.682. The molecule has 1 aliphatic rings. The summed E-state index contributed by atoms with van der Waals surface area (Å²) in [6.07, 6.45) is -4.58. The van der Waals surface area contributed by atoms with Crippen molar-refractivity contribution in [1.29, 1.82) is 0 Å². The lowest BCUT2D eigenvalue weighted by Crippen LogP contribution is -2.59. The Kier molecular flexibility index (Phi) is 9.04. The standard InChI is InChI=1S/C22H34O7/c1-5-10-27-22-20(25)19(24)18(23)17(29-22)12-28-21(26)14(4)16-8-6-15(7-9-16)11-13(2)3/h6-9,13-14,17-20,22-25H,5,10-12H2,1-4H3/t14-,17+,18+,19-,20+,22+/m0/s1. The van der Waals surface area contributed by atoms with Crippen LogP contribution in [0.25, 0.3) is 0 Å². The molecule has 7 heteroatoms. The largest absolute Gasteiger partial charge is 0.462 e. The van der Waals surface area contributed by atoms with E-state index >= 15 is 0 Å². The van der Waals surface area contributed by atoms with E-state index in [1.165, 1.54) is 5.56 Å². The summed E-state index contributed by atoms with van der Waals surface area (Å²) >= 11 is 0. The van der Waals surface area contributed by atoms with Gasteiger partial charge in [0, 0.05) is 6.61 Å². The number of ether oxygens (including phenoxy) is 3. The first-order chi connectivity index (χ1) is 13.7. The molecule has 0 spiro atoms. The number of hydrogen-bond donors (Lipinski definition) is 3. The lowest BCUT2D eigenvalue weighted by molar-refractivity contribution is -0.301. The van der Waals surface area contributed by atoms with Gasteiger partial charge in [-0.3, -0.25) is 4.79 Å². The van der Waals surface area contributed by atoms with Crippen LogP contribution in [0, 0.1) is 5.92 Å². The molecule has 1 fully saturated rings. The third-order valence-electron chi connectivity index (χ3n) is 5.02. The van der Waals surface area contributed by atoms with Crippen LogP contribution in [-0.4, -0.2) is 65.2 Å². The summed E-state index contributed by atoms with van der Waals surface area (Å²) in [6.45, 7) is 8.06. The van der Waals surface area contributed by atoms with Crippen molar-refractivity contribution in [3.05, 3.63) is 35.4 Å². The van der Waals surface area contributed by atoms with E-state index in [1.54, 1.807) is 6.92 Å². The van der Waals surface area contributed by atoms with E-state index in [4.69, 9.17) is 14.2 Å². The molecule has 1 aromatic carbocycles. The van der Waals surface area contributed by atoms with Crippen molar-refractivity contribution in [3.63, 3.8) is 0 Å². The number of aliphatic hydroxyl groups excluding tert-OH is 3. The maximum absolute atomic E-state index is 12.5. The van der Waals surface area contributed by atoms with Crippen molar-refractivity contribution in [2.45, 2.75) is 77.2 Å². The predicted octanol–water partition coefficient (Wildman–Crippen LogP) is 1.77. The molecule has 2 rings (SSSR count). The zero-order valence-corrected chi connectivity index (χ0v) is 17.7. The van der Waals surface area contributed by atoms with Crippen LogP contribution in [0.3, 0.4) is 0 Å². The third kappa shape index (κ3) is 6.49. The van der Waals surface area contributed by atoms with Gasteiger partial charge in [-0.15, -0.1) is 0 Å². The summed E-state index contributed by atoms with van der Waals surface area (Å²) in [6, 6.07) is 7.87. The molecule has 1 heterocycles. The molecule has 1 aromatic rings. The smallest absolute Gasteiger partial charge is 0.313 e. The minimum absolute atomic E-state index is 0.245. The van der Waals surface area contributed by atoms with Gasteiger partial charge >= 0.3 is 5.97 Å². The maximum Gasteiger partial charge on any atom is 0.313 e. The summed E-state index contributed by atoms with van der Waals surface area (Å²) in [5, 5.41) is 30.1. The number of benzene rings is 1.